The minimum absolute atomic E-state index is 0.0101. The lowest BCUT2D eigenvalue weighted by molar-refractivity contribution is -0.120. The van der Waals surface area contributed by atoms with Crippen LogP contribution in [0.4, 0.5) is 0 Å². The maximum Gasteiger partial charge on any atom is 0.494 e. The third-order valence-electron chi connectivity index (χ3n) is 6.05. The van der Waals surface area contributed by atoms with E-state index in [1.807, 2.05) is 76.2 Å². The summed E-state index contributed by atoms with van der Waals surface area (Å²) in [5.41, 5.74) is 1.96. The topological polar surface area (TPSA) is 56.8 Å². The van der Waals surface area contributed by atoms with Crippen molar-refractivity contribution in [2.24, 2.45) is 0 Å². The smallest absolute Gasteiger partial charge is 0.489 e. The molecular weight excluding hydrogens is 389 g/mol. The fourth-order valence-corrected chi connectivity index (χ4v) is 3.38. The zero-order valence-electron chi connectivity index (χ0n) is 19.4. The first-order chi connectivity index (χ1) is 14.7. The van der Waals surface area contributed by atoms with E-state index in [0.717, 1.165) is 29.4 Å². The Bertz CT molecular complexity index is 866. The summed E-state index contributed by atoms with van der Waals surface area (Å²) in [4.78, 5) is 12.5. The Morgan fingerprint density at radius 1 is 1.03 bits per heavy atom. The van der Waals surface area contributed by atoms with E-state index in [2.05, 4.69) is 12.2 Å². The highest BCUT2D eigenvalue weighted by Gasteiger charge is 2.51. The summed E-state index contributed by atoms with van der Waals surface area (Å²) < 4.78 is 18.5. The second kappa shape index (κ2) is 9.88. The molecule has 0 atom stereocenters. The normalized spacial score (nSPS) is 16.9. The van der Waals surface area contributed by atoms with Crippen molar-refractivity contribution in [2.45, 2.75) is 71.7 Å². The molecule has 2 aromatic carbocycles. The summed E-state index contributed by atoms with van der Waals surface area (Å²) in [7, 11) is -0.477. The molecule has 5 nitrogen and oxygen atoms in total. The quantitative estimate of drug-likeness (QED) is 0.489. The summed E-state index contributed by atoms with van der Waals surface area (Å²) >= 11 is 0. The predicted molar refractivity (Wildman–Crippen MR) is 125 cm³/mol. The fraction of sp³-hybridized carbons (Fsp3) is 0.480. The fourth-order valence-electron chi connectivity index (χ4n) is 3.38. The van der Waals surface area contributed by atoms with E-state index < -0.39 is 18.3 Å². The highest BCUT2D eigenvalue weighted by atomic mass is 16.7. The van der Waals surface area contributed by atoms with E-state index in [1.165, 1.54) is 0 Å². The molecule has 0 aliphatic carbocycles. The summed E-state index contributed by atoms with van der Waals surface area (Å²) in [5, 5.41) is 2.99. The molecule has 3 rings (SSSR count). The van der Waals surface area contributed by atoms with Crippen LogP contribution in [0.15, 0.2) is 48.5 Å². The van der Waals surface area contributed by atoms with Crippen LogP contribution >= 0.6 is 0 Å². The maximum absolute atomic E-state index is 12.5. The summed E-state index contributed by atoms with van der Waals surface area (Å²) in [6.45, 7) is 11.4. The van der Waals surface area contributed by atoms with Gasteiger partial charge >= 0.3 is 7.12 Å². The number of nitrogens with one attached hydrogen (secondary N) is 1. The van der Waals surface area contributed by atoms with Gasteiger partial charge in [0, 0.05) is 12.1 Å². The second-order valence-corrected chi connectivity index (χ2v) is 9.11. The van der Waals surface area contributed by atoms with Gasteiger partial charge in [0.1, 0.15) is 12.4 Å². The SMILES string of the molecule is CCCCNC(=O)Cc1cc(B2OC(C)(C)C(C)(C)O2)ccc1OCc1ccccc1. The summed E-state index contributed by atoms with van der Waals surface area (Å²) in [5.74, 6) is 0.693. The van der Waals surface area contributed by atoms with E-state index in [1.54, 1.807) is 0 Å². The molecule has 0 bridgehead atoms. The lowest BCUT2D eigenvalue weighted by atomic mass is 9.78. The van der Waals surface area contributed by atoms with Crippen LogP contribution in [0.5, 0.6) is 5.75 Å². The minimum atomic E-state index is -0.477. The summed E-state index contributed by atoms with van der Waals surface area (Å²) in [6, 6.07) is 15.9. The Hall–Kier alpha value is -2.31. The standard InChI is InChI=1S/C25H34BNO4/c1-6-7-15-27-23(28)17-20-16-21(26-30-24(2,3)25(4,5)31-26)13-14-22(20)29-18-19-11-9-8-10-12-19/h8-14,16H,6-7,15,17-18H2,1-5H3,(H,27,28). The van der Waals surface area contributed by atoms with Gasteiger partial charge in [-0.05, 0) is 51.2 Å². The lowest BCUT2D eigenvalue weighted by Crippen LogP contribution is -2.41. The average Bonchev–Trinajstić information content (AvgIpc) is 2.95. The van der Waals surface area contributed by atoms with Crippen LogP contribution < -0.4 is 15.5 Å². The van der Waals surface area contributed by atoms with Crippen LogP contribution in [0.25, 0.3) is 0 Å². The molecule has 166 valence electrons. The molecule has 1 saturated heterocycles. The highest BCUT2D eigenvalue weighted by Crippen LogP contribution is 2.36. The molecular formula is C25H34BNO4. The minimum Gasteiger partial charge on any atom is -0.489 e. The molecule has 31 heavy (non-hydrogen) atoms. The molecule has 1 heterocycles. The molecule has 0 spiro atoms. The predicted octanol–water partition coefficient (Wildman–Crippen LogP) is 4.02. The molecule has 0 saturated carbocycles. The molecule has 6 heteroatoms. The second-order valence-electron chi connectivity index (χ2n) is 9.11. The molecule has 1 aliphatic rings. The van der Waals surface area contributed by atoms with Crippen molar-refractivity contribution in [2.75, 3.05) is 6.54 Å². The molecule has 0 aromatic heterocycles. The van der Waals surface area contributed by atoms with E-state index in [9.17, 15) is 4.79 Å². The van der Waals surface area contributed by atoms with Crippen LogP contribution in [-0.2, 0) is 27.1 Å². The van der Waals surface area contributed by atoms with Gasteiger partial charge in [-0.2, -0.15) is 0 Å². The number of carbonyl (C=O) groups is 1. The first-order valence-electron chi connectivity index (χ1n) is 11.1. The molecule has 0 unspecified atom stereocenters. The Morgan fingerprint density at radius 2 is 1.71 bits per heavy atom. The van der Waals surface area contributed by atoms with Crippen LogP contribution in [0, 0.1) is 0 Å². The van der Waals surface area contributed by atoms with E-state index in [0.29, 0.717) is 18.9 Å². The number of ether oxygens (including phenoxy) is 1. The van der Waals surface area contributed by atoms with Crippen molar-refractivity contribution in [3.05, 3.63) is 59.7 Å². The van der Waals surface area contributed by atoms with Crippen LogP contribution in [0.2, 0.25) is 0 Å². The van der Waals surface area contributed by atoms with E-state index in [4.69, 9.17) is 14.0 Å². The van der Waals surface area contributed by atoms with Crippen molar-refractivity contribution < 1.29 is 18.8 Å². The van der Waals surface area contributed by atoms with Crippen molar-refractivity contribution in [3.63, 3.8) is 0 Å². The van der Waals surface area contributed by atoms with Crippen molar-refractivity contribution >= 4 is 18.5 Å². The number of hydrogen-bond acceptors (Lipinski definition) is 4. The Morgan fingerprint density at radius 3 is 2.35 bits per heavy atom. The van der Waals surface area contributed by atoms with Gasteiger partial charge < -0.3 is 19.4 Å². The molecule has 1 amide bonds. The van der Waals surface area contributed by atoms with Gasteiger partial charge in [0.2, 0.25) is 5.91 Å². The number of benzene rings is 2. The van der Waals surface area contributed by atoms with E-state index in [-0.39, 0.29) is 12.3 Å². The van der Waals surface area contributed by atoms with Gasteiger partial charge in [-0.1, -0.05) is 55.8 Å². The van der Waals surface area contributed by atoms with Gasteiger partial charge in [0.15, 0.2) is 0 Å². The van der Waals surface area contributed by atoms with Gasteiger partial charge in [-0.15, -0.1) is 0 Å². The summed E-state index contributed by atoms with van der Waals surface area (Å²) in [6.07, 6.45) is 2.27. The first kappa shape index (κ1) is 23.4. The average molecular weight is 423 g/mol. The number of amides is 1. The number of unbranched alkanes of at least 4 members (excludes halogenated alkanes) is 1. The van der Waals surface area contributed by atoms with Crippen molar-refractivity contribution in [3.8, 4) is 5.75 Å². The van der Waals surface area contributed by atoms with Crippen molar-refractivity contribution in [1.82, 2.24) is 5.32 Å². The van der Waals surface area contributed by atoms with Gasteiger partial charge in [-0.3, -0.25) is 4.79 Å². The van der Waals surface area contributed by atoms with Crippen molar-refractivity contribution in [1.29, 1.82) is 0 Å². The number of hydrogen-bond donors (Lipinski definition) is 1. The third-order valence-corrected chi connectivity index (χ3v) is 6.05. The lowest BCUT2D eigenvalue weighted by Gasteiger charge is -2.32. The number of carbonyl (C=O) groups excluding carboxylic acids is 1. The maximum atomic E-state index is 12.5. The third kappa shape index (κ3) is 5.89. The van der Waals surface area contributed by atoms with Crippen LogP contribution in [-0.4, -0.2) is 30.8 Å². The monoisotopic (exact) mass is 423 g/mol. The van der Waals surface area contributed by atoms with Gasteiger partial charge in [-0.25, -0.2) is 0 Å². The zero-order chi connectivity index (χ0) is 22.5. The molecule has 0 radical (unpaired) electrons. The first-order valence-corrected chi connectivity index (χ1v) is 11.1. The largest absolute Gasteiger partial charge is 0.494 e. The number of rotatable bonds is 9. The Kier molecular flexibility index (Phi) is 7.44. The van der Waals surface area contributed by atoms with Gasteiger partial charge in [0.25, 0.3) is 0 Å². The molecule has 2 aromatic rings. The van der Waals surface area contributed by atoms with Crippen LogP contribution in [0.3, 0.4) is 0 Å². The Balaban J connectivity index is 1.80. The molecule has 1 aliphatic heterocycles. The molecule has 1 fully saturated rings. The molecule has 1 N–H and O–H groups in total. The van der Waals surface area contributed by atoms with Gasteiger partial charge in [0.05, 0.1) is 17.6 Å². The Labute approximate surface area is 186 Å². The van der Waals surface area contributed by atoms with E-state index >= 15 is 0 Å². The highest BCUT2D eigenvalue weighted by molar-refractivity contribution is 6.62. The zero-order valence-corrected chi connectivity index (χ0v) is 19.4. The van der Waals surface area contributed by atoms with Crippen LogP contribution in [0.1, 0.15) is 58.6 Å².